The summed E-state index contributed by atoms with van der Waals surface area (Å²) in [5.41, 5.74) is 7.35. The Morgan fingerprint density at radius 2 is 1.67 bits per heavy atom. The molecule has 2 aromatic carbocycles. The fraction of sp³-hybridized carbons (Fsp3) is 0.267. The van der Waals surface area contributed by atoms with Gasteiger partial charge < -0.3 is 10.6 Å². The fourth-order valence-electron chi connectivity index (χ4n) is 2.75. The highest BCUT2D eigenvalue weighted by atomic mass is 32.2. The molecule has 0 unspecified atom stereocenters. The summed E-state index contributed by atoms with van der Waals surface area (Å²) >= 11 is 0. The largest absolute Gasteiger partial charge is 0.384 e. The van der Waals surface area contributed by atoms with Gasteiger partial charge in [0.2, 0.25) is 0 Å². The summed E-state index contributed by atoms with van der Waals surface area (Å²) in [7, 11) is -2.89. The molecule has 0 aromatic heterocycles. The molecule has 6 heteroatoms. The van der Waals surface area contributed by atoms with E-state index in [9.17, 15) is 8.42 Å². The van der Waals surface area contributed by atoms with Crippen molar-refractivity contribution in [1.29, 1.82) is 5.41 Å². The minimum atomic E-state index is -2.89. The molecular formula is C15H17N3O2S. The van der Waals surface area contributed by atoms with Crippen molar-refractivity contribution in [3.05, 3.63) is 42.0 Å². The maximum Gasteiger partial charge on any atom is 0.153 e. The van der Waals surface area contributed by atoms with Crippen molar-refractivity contribution in [2.24, 2.45) is 5.73 Å². The molecule has 1 aliphatic rings. The Bertz CT molecular complexity index is 801. The smallest absolute Gasteiger partial charge is 0.153 e. The lowest BCUT2D eigenvalue weighted by Gasteiger charge is -2.30. The Morgan fingerprint density at radius 3 is 2.29 bits per heavy atom. The molecule has 110 valence electrons. The first-order valence-corrected chi connectivity index (χ1v) is 8.61. The Hall–Kier alpha value is -2.08. The molecule has 0 radical (unpaired) electrons. The van der Waals surface area contributed by atoms with E-state index in [4.69, 9.17) is 11.1 Å². The lowest BCUT2D eigenvalue weighted by Crippen LogP contribution is -2.40. The normalized spacial score (nSPS) is 17.8. The number of nitrogens with zero attached hydrogens (tertiary/aromatic N) is 1. The van der Waals surface area contributed by atoms with Crippen LogP contribution in [0.5, 0.6) is 0 Å². The van der Waals surface area contributed by atoms with Crippen molar-refractivity contribution in [3.63, 3.8) is 0 Å². The maximum absolute atomic E-state index is 11.6. The second kappa shape index (κ2) is 5.04. The molecule has 0 saturated carbocycles. The number of benzene rings is 2. The Balaban J connectivity index is 2.08. The van der Waals surface area contributed by atoms with Gasteiger partial charge in [-0.1, -0.05) is 24.3 Å². The average Bonchev–Trinajstić information content (AvgIpc) is 2.46. The van der Waals surface area contributed by atoms with Crippen LogP contribution in [-0.2, 0) is 9.84 Å². The third-order valence-electron chi connectivity index (χ3n) is 3.88. The lowest BCUT2D eigenvalue weighted by molar-refractivity contribution is 0.587. The summed E-state index contributed by atoms with van der Waals surface area (Å²) in [5, 5.41) is 9.60. The van der Waals surface area contributed by atoms with Gasteiger partial charge in [0, 0.05) is 29.7 Å². The van der Waals surface area contributed by atoms with Crippen LogP contribution in [0.15, 0.2) is 36.4 Å². The van der Waals surface area contributed by atoms with E-state index in [0.29, 0.717) is 18.7 Å². The number of amidine groups is 1. The van der Waals surface area contributed by atoms with Crippen LogP contribution in [0, 0.1) is 5.41 Å². The van der Waals surface area contributed by atoms with Crippen LogP contribution >= 0.6 is 0 Å². The summed E-state index contributed by atoms with van der Waals surface area (Å²) in [5.74, 6) is 0.421. The summed E-state index contributed by atoms with van der Waals surface area (Å²) in [6.45, 7) is 1.01. The van der Waals surface area contributed by atoms with Crippen molar-refractivity contribution >= 4 is 32.1 Å². The number of nitrogens with two attached hydrogens (primary N) is 1. The zero-order valence-electron chi connectivity index (χ0n) is 11.5. The molecule has 5 nitrogen and oxygen atoms in total. The van der Waals surface area contributed by atoms with Crippen LogP contribution in [0.25, 0.3) is 10.8 Å². The SMILES string of the molecule is N=C(N)c1ccc(N2CCS(=O)(=O)CC2)c2ccccc12. The molecule has 3 rings (SSSR count). The van der Waals surface area contributed by atoms with E-state index in [0.717, 1.165) is 16.5 Å². The fourth-order valence-corrected chi connectivity index (χ4v) is 3.95. The molecule has 0 spiro atoms. The number of hydrogen-bond donors (Lipinski definition) is 2. The molecule has 1 heterocycles. The first kappa shape index (κ1) is 13.9. The highest BCUT2D eigenvalue weighted by Crippen LogP contribution is 2.30. The van der Waals surface area contributed by atoms with Gasteiger partial charge in [-0.2, -0.15) is 0 Å². The number of rotatable bonds is 2. The van der Waals surface area contributed by atoms with Gasteiger partial charge in [-0.25, -0.2) is 8.42 Å². The molecule has 2 aromatic rings. The summed E-state index contributed by atoms with van der Waals surface area (Å²) in [6, 6.07) is 11.5. The molecule has 3 N–H and O–H groups in total. The van der Waals surface area contributed by atoms with E-state index in [1.54, 1.807) is 0 Å². The van der Waals surface area contributed by atoms with Gasteiger partial charge in [0.25, 0.3) is 0 Å². The highest BCUT2D eigenvalue weighted by molar-refractivity contribution is 7.91. The molecule has 1 fully saturated rings. The number of hydrogen-bond acceptors (Lipinski definition) is 4. The monoisotopic (exact) mass is 303 g/mol. The predicted octanol–water partition coefficient (Wildman–Crippen LogP) is 1.36. The number of fused-ring (bicyclic) bond motifs is 1. The van der Waals surface area contributed by atoms with Crippen molar-refractivity contribution in [3.8, 4) is 0 Å². The minimum absolute atomic E-state index is 0.0407. The summed E-state index contributed by atoms with van der Waals surface area (Å²) in [6.07, 6.45) is 0. The van der Waals surface area contributed by atoms with Gasteiger partial charge >= 0.3 is 0 Å². The van der Waals surface area contributed by atoms with E-state index in [1.807, 2.05) is 36.4 Å². The minimum Gasteiger partial charge on any atom is -0.384 e. The van der Waals surface area contributed by atoms with Gasteiger partial charge in [-0.3, -0.25) is 5.41 Å². The van der Waals surface area contributed by atoms with Crippen LogP contribution in [0.1, 0.15) is 5.56 Å². The van der Waals surface area contributed by atoms with Crippen molar-refractivity contribution in [2.75, 3.05) is 29.5 Å². The molecule has 1 aliphatic heterocycles. The zero-order chi connectivity index (χ0) is 15.0. The molecule has 1 saturated heterocycles. The van der Waals surface area contributed by atoms with Crippen molar-refractivity contribution in [1.82, 2.24) is 0 Å². The van der Waals surface area contributed by atoms with E-state index in [2.05, 4.69) is 4.90 Å². The Kier molecular flexibility index (Phi) is 3.33. The van der Waals surface area contributed by atoms with E-state index < -0.39 is 9.84 Å². The van der Waals surface area contributed by atoms with Gasteiger partial charge in [-0.15, -0.1) is 0 Å². The molecule has 0 bridgehead atoms. The number of anilines is 1. The van der Waals surface area contributed by atoms with Crippen molar-refractivity contribution < 1.29 is 8.42 Å². The molecular weight excluding hydrogens is 286 g/mol. The first-order chi connectivity index (χ1) is 9.98. The van der Waals surface area contributed by atoms with Crippen LogP contribution in [-0.4, -0.2) is 38.8 Å². The Morgan fingerprint density at radius 1 is 1.05 bits per heavy atom. The number of sulfone groups is 1. The van der Waals surface area contributed by atoms with Crippen LogP contribution in [0.2, 0.25) is 0 Å². The van der Waals surface area contributed by atoms with Crippen molar-refractivity contribution in [2.45, 2.75) is 0 Å². The quantitative estimate of drug-likeness (QED) is 0.648. The predicted molar refractivity (Wildman–Crippen MR) is 85.8 cm³/mol. The third kappa shape index (κ3) is 2.58. The first-order valence-electron chi connectivity index (χ1n) is 6.79. The standard InChI is InChI=1S/C15H17N3O2S/c16-15(17)13-5-6-14(12-4-2-1-3-11(12)13)18-7-9-21(19,20)10-8-18/h1-6H,7-10H2,(H3,16,17). The number of nitrogen functional groups attached to an aromatic ring is 1. The average molecular weight is 303 g/mol. The Labute approximate surface area is 123 Å². The van der Waals surface area contributed by atoms with Gasteiger partial charge in [0.1, 0.15) is 5.84 Å². The zero-order valence-corrected chi connectivity index (χ0v) is 12.4. The molecule has 0 atom stereocenters. The summed E-state index contributed by atoms with van der Waals surface area (Å²) in [4.78, 5) is 2.09. The van der Waals surface area contributed by atoms with E-state index >= 15 is 0 Å². The van der Waals surface area contributed by atoms with E-state index in [-0.39, 0.29) is 17.3 Å². The van der Waals surface area contributed by atoms with Gasteiger partial charge in [0.05, 0.1) is 11.5 Å². The lowest BCUT2D eigenvalue weighted by atomic mass is 10.0. The highest BCUT2D eigenvalue weighted by Gasteiger charge is 2.23. The molecule has 0 aliphatic carbocycles. The third-order valence-corrected chi connectivity index (χ3v) is 5.49. The van der Waals surface area contributed by atoms with Crippen LogP contribution < -0.4 is 10.6 Å². The number of nitrogens with one attached hydrogen (secondary N) is 1. The summed E-state index contributed by atoms with van der Waals surface area (Å²) < 4.78 is 23.1. The second-order valence-electron chi connectivity index (χ2n) is 5.23. The molecule has 21 heavy (non-hydrogen) atoms. The maximum atomic E-state index is 11.6. The molecule has 0 amide bonds. The van der Waals surface area contributed by atoms with Crippen LogP contribution in [0.3, 0.4) is 0 Å². The van der Waals surface area contributed by atoms with Crippen LogP contribution in [0.4, 0.5) is 5.69 Å². The van der Waals surface area contributed by atoms with Gasteiger partial charge in [-0.05, 0) is 17.5 Å². The van der Waals surface area contributed by atoms with Gasteiger partial charge in [0.15, 0.2) is 9.84 Å². The topological polar surface area (TPSA) is 87.2 Å². The second-order valence-corrected chi connectivity index (χ2v) is 7.53. The van der Waals surface area contributed by atoms with E-state index in [1.165, 1.54) is 0 Å².